The number of nitrogens with zero attached hydrogens (tertiary/aromatic N) is 1. The highest BCUT2D eigenvalue weighted by Crippen LogP contribution is 2.47. The van der Waals surface area contributed by atoms with Crippen LogP contribution in [0.1, 0.15) is 41.4 Å². The van der Waals surface area contributed by atoms with E-state index < -0.39 is 47.8 Å². The van der Waals surface area contributed by atoms with Crippen molar-refractivity contribution in [1.82, 2.24) is 15.6 Å². The third kappa shape index (κ3) is 6.81. The monoisotopic (exact) mass is 639 g/mol. The summed E-state index contributed by atoms with van der Waals surface area (Å²) in [6, 6.07) is 9.15. The fourth-order valence-electron chi connectivity index (χ4n) is 5.12. The molecule has 3 aromatic rings. The van der Waals surface area contributed by atoms with Gasteiger partial charge in [-0.05, 0) is 73.8 Å². The molecule has 242 valence electrons. The topological polar surface area (TPSA) is 102 Å². The molecule has 1 aliphatic carbocycles. The van der Waals surface area contributed by atoms with Gasteiger partial charge in [-0.1, -0.05) is 6.92 Å². The van der Waals surface area contributed by atoms with Crippen LogP contribution in [0.4, 0.5) is 26.3 Å². The predicted octanol–water partition coefficient (Wildman–Crippen LogP) is 5.33. The molecule has 0 bridgehead atoms. The first-order chi connectivity index (χ1) is 21.2. The first-order valence-electron chi connectivity index (χ1n) is 14.1. The molecule has 1 amide bonds. The Labute approximate surface area is 254 Å². The second kappa shape index (κ2) is 12.4. The number of carbonyl (C=O) groups is 1. The average Bonchev–Trinajstić information content (AvgIpc) is 3.76. The molecule has 1 saturated carbocycles. The predicted molar refractivity (Wildman–Crippen MR) is 150 cm³/mol. The number of amides is 1. The third-order valence-corrected chi connectivity index (χ3v) is 7.96. The van der Waals surface area contributed by atoms with Crippen molar-refractivity contribution in [2.24, 2.45) is 5.92 Å². The van der Waals surface area contributed by atoms with E-state index in [2.05, 4.69) is 20.4 Å². The van der Waals surface area contributed by atoms with Crippen molar-refractivity contribution >= 4 is 5.91 Å². The fourth-order valence-corrected chi connectivity index (χ4v) is 5.12. The van der Waals surface area contributed by atoms with Crippen molar-refractivity contribution in [3.63, 3.8) is 0 Å². The van der Waals surface area contributed by atoms with Crippen LogP contribution >= 0.6 is 0 Å². The summed E-state index contributed by atoms with van der Waals surface area (Å²) in [5, 5.41) is 16.7. The smallest absolute Gasteiger partial charge is 0.424 e. The van der Waals surface area contributed by atoms with Gasteiger partial charge in [0.05, 0.1) is 26.0 Å². The zero-order valence-corrected chi connectivity index (χ0v) is 24.3. The standard InChI is InChI=1S/C31H31F6N3O5/c1-29(14-38-13-17-3-4-17)16-44-26-21(29)12-24(40-25(26)18-5-8-20(32)9-6-18)30(42,31(35,36)37)15-39-27(41)19-7-10-22(45-28(33)34)23(11-19)43-2/h5-12,17,28,38,42H,3-4,13-16H2,1-2H3,(H,39,41)/t29-,30?/m0/s1. The molecule has 0 spiro atoms. The van der Waals surface area contributed by atoms with Crippen molar-refractivity contribution in [2.45, 2.75) is 43.6 Å². The Morgan fingerprint density at radius 2 is 1.84 bits per heavy atom. The number of benzene rings is 2. The first-order valence-corrected chi connectivity index (χ1v) is 14.1. The second-order valence-corrected chi connectivity index (χ2v) is 11.4. The summed E-state index contributed by atoms with van der Waals surface area (Å²) < 4.78 is 98.5. The van der Waals surface area contributed by atoms with Crippen molar-refractivity contribution in [1.29, 1.82) is 0 Å². The number of methoxy groups -OCH3 is 1. The molecule has 1 aliphatic heterocycles. The van der Waals surface area contributed by atoms with E-state index in [4.69, 9.17) is 9.47 Å². The Bertz CT molecular complexity index is 1550. The molecule has 2 aliphatic rings. The average molecular weight is 640 g/mol. The minimum atomic E-state index is -5.33. The zero-order valence-electron chi connectivity index (χ0n) is 24.3. The molecule has 45 heavy (non-hydrogen) atoms. The molecule has 8 nitrogen and oxygen atoms in total. The summed E-state index contributed by atoms with van der Waals surface area (Å²) in [6.45, 7) is -1.47. The van der Waals surface area contributed by atoms with E-state index in [9.17, 15) is 36.2 Å². The maximum absolute atomic E-state index is 14.7. The molecule has 14 heteroatoms. The molecule has 1 aromatic heterocycles. The summed E-state index contributed by atoms with van der Waals surface area (Å²) in [4.78, 5) is 17.1. The quantitative estimate of drug-likeness (QED) is 0.231. The van der Waals surface area contributed by atoms with Gasteiger partial charge in [-0.15, -0.1) is 0 Å². The SMILES string of the molecule is COc1cc(C(=O)NCC(O)(c2cc3c(c(-c4ccc(F)cc4)n2)OC[C@]3(C)CNCC2CC2)C(F)(F)F)ccc1OC(F)F. The van der Waals surface area contributed by atoms with Crippen LogP contribution < -0.4 is 24.8 Å². The number of aromatic nitrogens is 1. The van der Waals surface area contributed by atoms with E-state index in [1.54, 1.807) is 0 Å². The molecule has 0 radical (unpaired) electrons. The van der Waals surface area contributed by atoms with Crippen molar-refractivity contribution < 1.29 is 50.5 Å². The van der Waals surface area contributed by atoms with Gasteiger partial charge in [-0.3, -0.25) is 4.79 Å². The maximum Gasteiger partial charge on any atom is 0.424 e. The number of nitrogens with one attached hydrogen (secondary N) is 2. The molecular weight excluding hydrogens is 608 g/mol. The van der Waals surface area contributed by atoms with Gasteiger partial charge in [-0.25, -0.2) is 9.37 Å². The number of alkyl halides is 5. The Hall–Kier alpha value is -4.04. The Balaban J connectivity index is 1.51. The van der Waals surface area contributed by atoms with Crippen LogP contribution in [-0.2, 0) is 11.0 Å². The lowest BCUT2D eigenvalue weighted by atomic mass is 9.82. The molecule has 1 fully saturated rings. The number of hydrogen-bond acceptors (Lipinski definition) is 7. The van der Waals surface area contributed by atoms with Crippen LogP contribution in [0.5, 0.6) is 17.2 Å². The van der Waals surface area contributed by atoms with E-state index >= 15 is 0 Å². The van der Waals surface area contributed by atoms with Gasteiger partial charge in [0, 0.05) is 28.7 Å². The Morgan fingerprint density at radius 1 is 1.13 bits per heavy atom. The van der Waals surface area contributed by atoms with Crippen LogP contribution in [-0.4, -0.2) is 62.1 Å². The summed E-state index contributed by atoms with van der Waals surface area (Å²) in [6.07, 6.45) is -3.12. The van der Waals surface area contributed by atoms with Gasteiger partial charge < -0.3 is 30.0 Å². The van der Waals surface area contributed by atoms with E-state index in [1.165, 1.54) is 12.1 Å². The number of ether oxygens (including phenoxy) is 3. The number of carbonyl (C=O) groups excluding carboxylic acids is 1. The highest BCUT2D eigenvalue weighted by atomic mass is 19.4. The summed E-state index contributed by atoms with van der Waals surface area (Å²) >= 11 is 0. The number of hydrogen-bond donors (Lipinski definition) is 3. The van der Waals surface area contributed by atoms with Crippen molar-refractivity contribution in [3.05, 3.63) is 71.2 Å². The Morgan fingerprint density at radius 3 is 2.47 bits per heavy atom. The first kappa shape index (κ1) is 32.4. The lowest BCUT2D eigenvalue weighted by Gasteiger charge is -2.32. The summed E-state index contributed by atoms with van der Waals surface area (Å²) in [5.74, 6) is -1.51. The summed E-state index contributed by atoms with van der Waals surface area (Å²) in [7, 11) is 1.13. The van der Waals surface area contributed by atoms with Gasteiger partial charge in [0.15, 0.2) is 11.5 Å². The molecule has 2 heterocycles. The minimum absolute atomic E-state index is 0.0261. The van der Waals surface area contributed by atoms with Crippen LogP contribution in [0.3, 0.4) is 0 Å². The van der Waals surface area contributed by atoms with Crippen molar-refractivity contribution in [3.8, 4) is 28.5 Å². The second-order valence-electron chi connectivity index (χ2n) is 11.4. The molecule has 5 rings (SSSR count). The molecule has 3 N–H and O–H groups in total. The van der Waals surface area contributed by atoms with Gasteiger partial charge >= 0.3 is 12.8 Å². The van der Waals surface area contributed by atoms with E-state index in [-0.39, 0.29) is 40.7 Å². The van der Waals surface area contributed by atoms with Crippen LogP contribution in [0.25, 0.3) is 11.3 Å². The maximum atomic E-state index is 14.7. The van der Waals surface area contributed by atoms with Gasteiger partial charge in [-0.2, -0.15) is 22.0 Å². The van der Waals surface area contributed by atoms with Crippen LogP contribution in [0, 0.1) is 11.7 Å². The number of fused-ring (bicyclic) bond motifs is 1. The minimum Gasteiger partial charge on any atom is -0.493 e. The summed E-state index contributed by atoms with van der Waals surface area (Å²) in [5.41, 5.74) is -4.92. The molecule has 2 aromatic carbocycles. The van der Waals surface area contributed by atoms with Crippen LogP contribution in [0.2, 0.25) is 0 Å². The highest BCUT2D eigenvalue weighted by Gasteiger charge is 2.57. The van der Waals surface area contributed by atoms with Crippen molar-refractivity contribution in [2.75, 3.05) is 33.4 Å². The van der Waals surface area contributed by atoms with Gasteiger partial charge in [0.1, 0.15) is 17.3 Å². The largest absolute Gasteiger partial charge is 0.493 e. The number of aliphatic hydroxyl groups is 1. The number of rotatable bonds is 12. The third-order valence-electron chi connectivity index (χ3n) is 7.96. The van der Waals surface area contributed by atoms with Crippen LogP contribution in [0.15, 0.2) is 48.5 Å². The normalized spacial score (nSPS) is 19.1. The number of pyridine rings is 1. The molecular formula is C31H31F6N3O5. The van der Waals surface area contributed by atoms with Gasteiger partial charge in [0.2, 0.25) is 5.60 Å². The van der Waals surface area contributed by atoms with E-state index in [0.29, 0.717) is 18.0 Å². The number of halogens is 6. The van der Waals surface area contributed by atoms with E-state index in [1.807, 2.05) is 6.92 Å². The fraction of sp³-hybridized carbons (Fsp3) is 0.419. The zero-order chi connectivity index (χ0) is 32.6. The van der Waals surface area contributed by atoms with Gasteiger partial charge in [0.25, 0.3) is 5.91 Å². The molecule has 2 atom stereocenters. The molecule has 0 saturated heterocycles. The van der Waals surface area contributed by atoms with E-state index in [0.717, 1.165) is 62.9 Å². The lowest BCUT2D eigenvalue weighted by molar-refractivity contribution is -0.265. The highest BCUT2D eigenvalue weighted by molar-refractivity contribution is 5.95. The molecule has 1 unspecified atom stereocenters. The Kier molecular flexibility index (Phi) is 8.91. The lowest BCUT2D eigenvalue weighted by Crippen LogP contribution is -2.51.